The second kappa shape index (κ2) is 4.45. The van der Waals surface area contributed by atoms with Crippen LogP contribution in [0.25, 0.3) is 0 Å². The third kappa shape index (κ3) is 2.67. The number of primary sulfonamides is 1. The molecule has 0 aromatic heterocycles. The van der Waals surface area contributed by atoms with Gasteiger partial charge < -0.3 is 5.32 Å². The lowest BCUT2D eigenvalue weighted by molar-refractivity contribution is -0.387. The summed E-state index contributed by atoms with van der Waals surface area (Å²) in [5.74, 6) is 0. The molecule has 0 atom stereocenters. The second-order valence-electron chi connectivity index (χ2n) is 3.01. The van der Waals surface area contributed by atoms with Gasteiger partial charge in [-0.3, -0.25) is 10.1 Å². The summed E-state index contributed by atoms with van der Waals surface area (Å²) in [5, 5.41) is 18.3. The number of sulfonamides is 1. The van der Waals surface area contributed by atoms with E-state index in [1.165, 1.54) is 6.07 Å². The Bertz CT molecular complexity index is 512. The van der Waals surface area contributed by atoms with Crippen LogP contribution in [0, 0.1) is 10.1 Å². The van der Waals surface area contributed by atoms with E-state index in [9.17, 15) is 18.5 Å². The Labute approximate surface area is 92.5 Å². The molecule has 3 N–H and O–H groups in total. The predicted molar refractivity (Wildman–Crippen MR) is 58.6 cm³/mol. The summed E-state index contributed by atoms with van der Waals surface area (Å²) in [6.07, 6.45) is 0. The van der Waals surface area contributed by atoms with Crippen LogP contribution in [-0.4, -0.2) is 19.9 Å². The van der Waals surface area contributed by atoms with Gasteiger partial charge in [-0.2, -0.15) is 0 Å². The molecule has 88 valence electrons. The highest BCUT2D eigenvalue weighted by atomic mass is 32.2. The van der Waals surface area contributed by atoms with Gasteiger partial charge in [-0.1, -0.05) is 0 Å². The summed E-state index contributed by atoms with van der Waals surface area (Å²) in [6.45, 7) is 2.39. The zero-order valence-electron chi connectivity index (χ0n) is 8.50. The average molecular weight is 245 g/mol. The molecule has 0 unspecified atom stereocenters. The molecule has 0 fully saturated rings. The first-order chi connectivity index (χ1) is 7.36. The van der Waals surface area contributed by atoms with E-state index in [0.717, 1.165) is 12.1 Å². The van der Waals surface area contributed by atoms with Crippen molar-refractivity contribution >= 4 is 21.4 Å². The number of benzene rings is 1. The standard InChI is InChI=1S/C8H11N3O4S/c1-2-10-6-3-4-7(11(12)13)8(5-6)16(9,14)15/h3-5,10H,2H2,1H3,(H2,9,14,15). The number of nitro groups is 1. The maximum Gasteiger partial charge on any atom is 0.289 e. The summed E-state index contributed by atoms with van der Waals surface area (Å²) < 4.78 is 22.3. The molecule has 0 spiro atoms. The fourth-order valence-electron chi connectivity index (χ4n) is 1.21. The largest absolute Gasteiger partial charge is 0.385 e. The third-order valence-corrected chi connectivity index (χ3v) is 2.78. The van der Waals surface area contributed by atoms with Gasteiger partial charge in [-0.05, 0) is 19.1 Å². The quantitative estimate of drug-likeness (QED) is 0.597. The van der Waals surface area contributed by atoms with Gasteiger partial charge in [0.25, 0.3) is 5.69 Å². The maximum absolute atomic E-state index is 11.2. The van der Waals surface area contributed by atoms with Crippen molar-refractivity contribution in [3.05, 3.63) is 28.3 Å². The summed E-state index contributed by atoms with van der Waals surface area (Å²) >= 11 is 0. The van der Waals surface area contributed by atoms with Crippen LogP contribution in [0.15, 0.2) is 23.1 Å². The van der Waals surface area contributed by atoms with Crippen LogP contribution in [0.5, 0.6) is 0 Å². The number of hydrogen-bond acceptors (Lipinski definition) is 5. The van der Waals surface area contributed by atoms with Gasteiger partial charge in [0, 0.05) is 18.3 Å². The first kappa shape index (κ1) is 12.4. The molecular formula is C8H11N3O4S. The minimum atomic E-state index is -4.10. The second-order valence-corrected chi connectivity index (χ2v) is 4.54. The summed E-state index contributed by atoms with van der Waals surface area (Å²) in [5.41, 5.74) is -0.0544. The lowest BCUT2D eigenvalue weighted by Crippen LogP contribution is -2.14. The smallest absolute Gasteiger partial charge is 0.289 e. The molecule has 7 nitrogen and oxygen atoms in total. The highest BCUT2D eigenvalue weighted by Gasteiger charge is 2.22. The van der Waals surface area contributed by atoms with E-state index in [0.29, 0.717) is 12.2 Å². The van der Waals surface area contributed by atoms with Crippen molar-refractivity contribution in [2.45, 2.75) is 11.8 Å². The SMILES string of the molecule is CCNc1ccc([N+](=O)[O-])c(S(N)(=O)=O)c1. The van der Waals surface area contributed by atoms with E-state index in [1.54, 1.807) is 0 Å². The van der Waals surface area contributed by atoms with Crippen LogP contribution in [-0.2, 0) is 10.0 Å². The molecule has 0 saturated carbocycles. The summed E-state index contributed by atoms with van der Waals surface area (Å²) in [4.78, 5) is 9.33. The molecule has 0 radical (unpaired) electrons. The van der Waals surface area contributed by atoms with Crippen molar-refractivity contribution in [1.82, 2.24) is 0 Å². The third-order valence-electron chi connectivity index (χ3n) is 1.84. The molecule has 1 aromatic carbocycles. The van der Waals surface area contributed by atoms with E-state index in [-0.39, 0.29) is 0 Å². The van der Waals surface area contributed by atoms with Crippen LogP contribution >= 0.6 is 0 Å². The van der Waals surface area contributed by atoms with E-state index < -0.39 is 25.5 Å². The van der Waals surface area contributed by atoms with Crippen LogP contribution in [0.3, 0.4) is 0 Å². The number of hydrogen-bond donors (Lipinski definition) is 2. The molecule has 16 heavy (non-hydrogen) atoms. The van der Waals surface area contributed by atoms with Crippen LogP contribution in [0.4, 0.5) is 11.4 Å². The fraction of sp³-hybridized carbons (Fsp3) is 0.250. The van der Waals surface area contributed by atoms with E-state index in [2.05, 4.69) is 5.32 Å². The lowest BCUT2D eigenvalue weighted by Gasteiger charge is -2.05. The van der Waals surface area contributed by atoms with Crippen LogP contribution in [0.1, 0.15) is 6.92 Å². The molecule has 0 aliphatic carbocycles. The van der Waals surface area contributed by atoms with Gasteiger partial charge in [-0.25, -0.2) is 13.6 Å². The van der Waals surface area contributed by atoms with Crippen LogP contribution in [0.2, 0.25) is 0 Å². The number of nitro benzene ring substituents is 1. The Hall–Kier alpha value is -1.67. The normalized spacial score (nSPS) is 11.1. The number of rotatable bonds is 4. The highest BCUT2D eigenvalue weighted by molar-refractivity contribution is 7.89. The van der Waals surface area contributed by atoms with Gasteiger partial charge >= 0.3 is 0 Å². The van der Waals surface area contributed by atoms with E-state index in [1.807, 2.05) is 6.92 Å². The molecule has 0 aliphatic rings. The number of nitrogens with one attached hydrogen (secondary N) is 1. The molecule has 0 bridgehead atoms. The van der Waals surface area contributed by atoms with Gasteiger partial charge in [-0.15, -0.1) is 0 Å². The van der Waals surface area contributed by atoms with Gasteiger partial charge in [0.15, 0.2) is 4.90 Å². The van der Waals surface area contributed by atoms with E-state index in [4.69, 9.17) is 5.14 Å². The summed E-state index contributed by atoms with van der Waals surface area (Å²) in [6, 6.07) is 3.69. The van der Waals surface area contributed by atoms with Crippen molar-refractivity contribution < 1.29 is 13.3 Å². The Morgan fingerprint density at radius 1 is 1.50 bits per heavy atom. The first-order valence-electron chi connectivity index (χ1n) is 4.41. The molecule has 0 saturated heterocycles. The molecule has 0 amide bonds. The van der Waals surface area contributed by atoms with Crippen molar-refractivity contribution in [1.29, 1.82) is 0 Å². The molecule has 0 heterocycles. The molecule has 0 aliphatic heterocycles. The van der Waals surface area contributed by atoms with Crippen molar-refractivity contribution in [3.8, 4) is 0 Å². The van der Waals surface area contributed by atoms with Crippen molar-refractivity contribution in [2.75, 3.05) is 11.9 Å². The molecule has 1 aromatic rings. The Morgan fingerprint density at radius 3 is 2.56 bits per heavy atom. The molecule has 8 heteroatoms. The summed E-state index contributed by atoms with van der Waals surface area (Å²) in [7, 11) is -4.10. The Morgan fingerprint density at radius 2 is 2.12 bits per heavy atom. The number of anilines is 1. The average Bonchev–Trinajstić information content (AvgIpc) is 2.16. The molecule has 1 rings (SSSR count). The topological polar surface area (TPSA) is 115 Å². The maximum atomic E-state index is 11.2. The zero-order valence-corrected chi connectivity index (χ0v) is 9.32. The lowest BCUT2D eigenvalue weighted by atomic mass is 10.3. The highest BCUT2D eigenvalue weighted by Crippen LogP contribution is 2.25. The zero-order chi connectivity index (χ0) is 12.3. The molecular weight excluding hydrogens is 234 g/mol. The van der Waals surface area contributed by atoms with Gasteiger partial charge in [0.05, 0.1) is 4.92 Å². The van der Waals surface area contributed by atoms with Gasteiger partial charge in [0.2, 0.25) is 10.0 Å². The predicted octanol–water partition coefficient (Wildman–Crippen LogP) is 0.674. The van der Waals surface area contributed by atoms with Crippen LogP contribution < -0.4 is 10.5 Å². The Kier molecular flexibility index (Phi) is 3.45. The van der Waals surface area contributed by atoms with E-state index >= 15 is 0 Å². The minimum absolute atomic E-state index is 0.470. The van der Waals surface area contributed by atoms with Gasteiger partial charge in [0.1, 0.15) is 0 Å². The van der Waals surface area contributed by atoms with Crippen molar-refractivity contribution in [2.24, 2.45) is 5.14 Å². The monoisotopic (exact) mass is 245 g/mol. The number of nitrogens with zero attached hydrogens (tertiary/aromatic N) is 1. The fourth-order valence-corrected chi connectivity index (χ4v) is 1.93. The van der Waals surface area contributed by atoms with Crippen molar-refractivity contribution in [3.63, 3.8) is 0 Å². The Balaban J connectivity index is 3.39. The first-order valence-corrected chi connectivity index (χ1v) is 5.96. The minimum Gasteiger partial charge on any atom is -0.385 e. The number of nitrogens with two attached hydrogens (primary N) is 1.